The van der Waals surface area contributed by atoms with Crippen LogP contribution in [0.5, 0.6) is 0 Å². The summed E-state index contributed by atoms with van der Waals surface area (Å²) >= 11 is 0. The second-order valence-corrected chi connectivity index (χ2v) is 6.16. The van der Waals surface area contributed by atoms with E-state index in [4.69, 9.17) is 0 Å². The Hall–Kier alpha value is -3.47. The number of nitrogens with zero attached hydrogens (tertiary/aromatic N) is 2. The summed E-state index contributed by atoms with van der Waals surface area (Å²) in [6.45, 7) is 3.91. The number of carbonyl (C=O) groups excluding carboxylic acids is 1. The largest absolute Gasteiger partial charge is 0.345 e. The van der Waals surface area contributed by atoms with Gasteiger partial charge in [0.15, 0.2) is 5.78 Å². The number of nitrogens with one attached hydrogen (secondary N) is 2. The summed E-state index contributed by atoms with van der Waals surface area (Å²) in [4.78, 5) is 28.1. The van der Waals surface area contributed by atoms with Crippen LogP contribution in [0.4, 0.5) is 0 Å². The Labute approximate surface area is 151 Å². The fourth-order valence-electron chi connectivity index (χ4n) is 3.25. The van der Waals surface area contributed by atoms with Crippen LogP contribution in [0.3, 0.4) is 0 Å². The van der Waals surface area contributed by atoms with Gasteiger partial charge in [-0.05, 0) is 25.0 Å². The molecule has 0 aliphatic rings. The summed E-state index contributed by atoms with van der Waals surface area (Å²) in [6.07, 6.45) is 6.97. The van der Waals surface area contributed by atoms with Crippen molar-refractivity contribution in [3.05, 3.63) is 83.4 Å². The second-order valence-electron chi connectivity index (χ2n) is 6.16. The Morgan fingerprint density at radius 3 is 1.62 bits per heavy atom. The van der Waals surface area contributed by atoms with E-state index in [1.165, 1.54) is 0 Å². The molecule has 0 fully saturated rings. The van der Waals surface area contributed by atoms with E-state index < -0.39 is 0 Å². The highest BCUT2D eigenvalue weighted by molar-refractivity contribution is 6.12. The molecular formula is C21H18N4O. The van der Waals surface area contributed by atoms with Crippen LogP contribution in [0.15, 0.2) is 61.2 Å². The van der Waals surface area contributed by atoms with Crippen LogP contribution < -0.4 is 0 Å². The molecule has 2 aromatic heterocycles. The van der Waals surface area contributed by atoms with Crippen molar-refractivity contribution in [2.45, 2.75) is 13.8 Å². The smallest absolute Gasteiger partial charge is 0.193 e. The number of ketones is 1. The number of hydrogen-bond acceptors (Lipinski definition) is 3. The quantitative estimate of drug-likeness (QED) is 0.543. The van der Waals surface area contributed by atoms with E-state index in [1.54, 1.807) is 24.8 Å². The predicted octanol–water partition coefficient (Wildman–Crippen LogP) is 4.31. The van der Waals surface area contributed by atoms with Crippen molar-refractivity contribution in [3.63, 3.8) is 0 Å². The van der Waals surface area contributed by atoms with Crippen molar-refractivity contribution >= 4 is 5.78 Å². The van der Waals surface area contributed by atoms with Gasteiger partial charge in [-0.15, -0.1) is 0 Å². The summed E-state index contributed by atoms with van der Waals surface area (Å²) in [6, 6.07) is 11.5. The highest BCUT2D eigenvalue weighted by Crippen LogP contribution is 2.28. The fraction of sp³-hybridized carbons (Fsp3) is 0.0952. The topological polar surface area (TPSA) is 74.4 Å². The van der Waals surface area contributed by atoms with Gasteiger partial charge in [0.05, 0.1) is 0 Å². The lowest BCUT2D eigenvalue weighted by molar-refractivity contribution is 0.103. The van der Waals surface area contributed by atoms with Crippen molar-refractivity contribution < 1.29 is 4.79 Å². The molecule has 0 atom stereocenters. The molecular weight excluding hydrogens is 324 g/mol. The first-order chi connectivity index (χ1) is 12.7. The Morgan fingerprint density at radius 1 is 0.769 bits per heavy atom. The van der Waals surface area contributed by atoms with Gasteiger partial charge in [-0.2, -0.15) is 0 Å². The number of imidazole rings is 2. The molecule has 0 unspecified atom stereocenters. The Kier molecular flexibility index (Phi) is 3.97. The minimum atomic E-state index is 0.00168. The van der Waals surface area contributed by atoms with E-state index in [9.17, 15) is 4.79 Å². The van der Waals surface area contributed by atoms with Gasteiger partial charge < -0.3 is 9.97 Å². The third kappa shape index (κ3) is 2.63. The maximum absolute atomic E-state index is 13.3. The molecule has 2 N–H and O–H groups in total. The predicted molar refractivity (Wildman–Crippen MR) is 101 cm³/mol. The number of H-pyrrole nitrogens is 2. The van der Waals surface area contributed by atoms with E-state index in [-0.39, 0.29) is 5.78 Å². The average molecular weight is 342 g/mol. The molecule has 0 spiro atoms. The SMILES string of the molecule is Cc1c(C(=O)c2cccc(-c3ncc[nH]3)c2C)cccc1-c1ncc[nH]1. The lowest BCUT2D eigenvalue weighted by Crippen LogP contribution is -2.07. The van der Waals surface area contributed by atoms with Crippen molar-refractivity contribution in [1.29, 1.82) is 0 Å². The highest BCUT2D eigenvalue weighted by Gasteiger charge is 2.19. The minimum absolute atomic E-state index is 0.00168. The maximum atomic E-state index is 13.3. The highest BCUT2D eigenvalue weighted by atomic mass is 16.1. The van der Waals surface area contributed by atoms with Crippen LogP contribution in [0.25, 0.3) is 22.8 Å². The zero-order valence-electron chi connectivity index (χ0n) is 14.6. The minimum Gasteiger partial charge on any atom is -0.345 e. The second kappa shape index (κ2) is 6.44. The molecule has 128 valence electrons. The standard InChI is InChI=1S/C21H18N4O/c1-13-15(5-3-7-17(13)20-22-9-10-23-20)19(26)16-6-4-8-18(14(16)2)21-24-11-12-25-21/h3-12H,1-2H3,(H,22,23)(H,24,25). The van der Waals surface area contributed by atoms with Gasteiger partial charge >= 0.3 is 0 Å². The van der Waals surface area contributed by atoms with Gasteiger partial charge in [0, 0.05) is 47.0 Å². The van der Waals surface area contributed by atoms with E-state index in [2.05, 4.69) is 19.9 Å². The monoisotopic (exact) mass is 342 g/mol. The maximum Gasteiger partial charge on any atom is 0.193 e. The average Bonchev–Trinajstić information content (AvgIpc) is 3.35. The van der Waals surface area contributed by atoms with Crippen LogP contribution in [0, 0.1) is 13.8 Å². The van der Waals surface area contributed by atoms with Crippen LogP contribution in [0.2, 0.25) is 0 Å². The van der Waals surface area contributed by atoms with Crippen molar-refractivity contribution in [2.24, 2.45) is 0 Å². The third-order valence-electron chi connectivity index (χ3n) is 4.66. The van der Waals surface area contributed by atoms with Crippen molar-refractivity contribution in [3.8, 4) is 22.8 Å². The normalized spacial score (nSPS) is 10.8. The summed E-state index contributed by atoms with van der Waals surface area (Å²) < 4.78 is 0. The van der Waals surface area contributed by atoms with E-state index in [0.717, 1.165) is 33.9 Å². The first kappa shape index (κ1) is 16.0. The van der Waals surface area contributed by atoms with Gasteiger partial charge in [0.2, 0.25) is 0 Å². The van der Waals surface area contributed by atoms with Gasteiger partial charge in [0.25, 0.3) is 0 Å². The Balaban J connectivity index is 1.80. The first-order valence-corrected chi connectivity index (χ1v) is 8.40. The molecule has 5 nitrogen and oxygen atoms in total. The van der Waals surface area contributed by atoms with Crippen LogP contribution >= 0.6 is 0 Å². The van der Waals surface area contributed by atoms with Crippen LogP contribution in [-0.4, -0.2) is 25.7 Å². The zero-order chi connectivity index (χ0) is 18.1. The molecule has 0 bridgehead atoms. The van der Waals surface area contributed by atoms with E-state index >= 15 is 0 Å². The Morgan fingerprint density at radius 2 is 1.23 bits per heavy atom. The fourth-order valence-corrected chi connectivity index (χ4v) is 3.25. The lowest BCUT2D eigenvalue weighted by atomic mass is 9.91. The summed E-state index contributed by atoms with van der Waals surface area (Å²) in [5, 5.41) is 0. The first-order valence-electron chi connectivity index (χ1n) is 8.40. The van der Waals surface area contributed by atoms with E-state index in [0.29, 0.717) is 11.1 Å². The number of benzene rings is 2. The lowest BCUT2D eigenvalue weighted by Gasteiger charge is -2.12. The molecule has 2 aromatic carbocycles. The summed E-state index contributed by atoms with van der Waals surface area (Å²) in [5.41, 5.74) is 5.05. The number of aromatic nitrogens is 4. The van der Waals surface area contributed by atoms with Gasteiger partial charge in [-0.25, -0.2) is 9.97 Å². The summed E-state index contributed by atoms with van der Waals surface area (Å²) in [5.74, 6) is 1.53. The molecule has 2 heterocycles. The molecule has 0 amide bonds. The van der Waals surface area contributed by atoms with Gasteiger partial charge in [0.1, 0.15) is 11.6 Å². The molecule has 0 aliphatic carbocycles. The zero-order valence-corrected chi connectivity index (χ0v) is 14.6. The number of carbonyl (C=O) groups is 1. The molecule has 0 radical (unpaired) electrons. The third-order valence-corrected chi connectivity index (χ3v) is 4.66. The molecule has 0 saturated carbocycles. The summed E-state index contributed by atoms with van der Waals surface area (Å²) in [7, 11) is 0. The molecule has 0 saturated heterocycles. The molecule has 5 heteroatoms. The van der Waals surface area contributed by atoms with E-state index in [1.807, 2.05) is 50.2 Å². The Bertz CT molecular complexity index is 978. The molecule has 4 rings (SSSR count). The van der Waals surface area contributed by atoms with Crippen molar-refractivity contribution in [2.75, 3.05) is 0 Å². The molecule has 0 aliphatic heterocycles. The van der Waals surface area contributed by atoms with Gasteiger partial charge in [-0.3, -0.25) is 4.79 Å². The van der Waals surface area contributed by atoms with Gasteiger partial charge in [-0.1, -0.05) is 36.4 Å². The number of aromatic amines is 2. The molecule has 26 heavy (non-hydrogen) atoms. The van der Waals surface area contributed by atoms with Crippen LogP contribution in [0.1, 0.15) is 27.0 Å². The van der Waals surface area contributed by atoms with Crippen LogP contribution in [-0.2, 0) is 0 Å². The van der Waals surface area contributed by atoms with Crippen molar-refractivity contribution in [1.82, 2.24) is 19.9 Å². The number of rotatable bonds is 4. The number of hydrogen-bond donors (Lipinski definition) is 2. The molecule has 4 aromatic rings.